The number of carbonyl (C=O) groups is 2. The Hall–Kier alpha value is -3.11. The van der Waals surface area contributed by atoms with Crippen LogP contribution in [0, 0.1) is 0 Å². The van der Waals surface area contributed by atoms with Gasteiger partial charge >= 0.3 is 5.97 Å². The summed E-state index contributed by atoms with van der Waals surface area (Å²) in [7, 11) is 0. The fourth-order valence-electron chi connectivity index (χ4n) is 3.57. The Morgan fingerprint density at radius 3 is 2.91 bits per heavy atom. The summed E-state index contributed by atoms with van der Waals surface area (Å²) >= 11 is 2.54. The van der Waals surface area contributed by atoms with Crippen molar-refractivity contribution in [1.82, 2.24) is 9.97 Å². The number of aryl methyl sites for hydroxylation is 1. The number of ether oxygens (including phenoxy) is 1. The van der Waals surface area contributed by atoms with Gasteiger partial charge in [0.05, 0.1) is 18.2 Å². The number of carbonyl (C=O) groups excluding carboxylic acids is 2. The number of rotatable bonds is 7. The van der Waals surface area contributed by atoms with Crippen LogP contribution in [0.1, 0.15) is 34.8 Å². The van der Waals surface area contributed by atoms with Crippen molar-refractivity contribution in [2.24, 2.45) is 0 Å². The Balaban J connectivity index is 1.52. The van der Waals surface area contributed by atoms with Crippen LogP contribution in [0.3, 0.4) is 0 Å². The smallest absolute Gasteiger partial charge is 0.341 e. The van der Waals surface area contributed by atoms with E-state index in [-0.39, 0.29) is 30.0 Å². The topological polar surface area (TPSA) is 121 Å². The van der Waals surface area contributed by atoms with E-state index in [1.807, 2.05) is 18.2 Å². The SMILES string of the molecule is CCOC(=O)c1c(NC(=O)CCSc2nc(O)cc(=O)[nH]2)sc2c1CCc1ccccc1-2. The molecule has 4 rings (SSSR count). The lowest BCUT2D eigenvalue weighted by Crippen LogP contribution is -2.16. The molecular formula is C22H21N3O5S2. The van der Waals surface area contributed by atoms with Gasteiger partial charge in [-0.2, -0.15) is 4.98 Å². The van der Waals surface area contributed by atoms with Crippen LogP contribution in [0.2, 0.25) is 0 Å². The van der Waals surface area contributed by atoms with Gasteiger partial charge < -0.3 is 20.1 Å². The first-order valence-corrected chi connectivity index (χ1v) is 11.9. The molecule has 0 saturated heterocycles. The summed E-state index contributed by atoms with van der Waals surface area (Å²) in [5.41, 5.74) is 3.19. The van der Waals surface area contributed by atoms with Crippen LogP contribution in [0.5, 0.6) is 5.88 Å². The van der Waals surface area contributed by atoms with E-state index in [1.54, 1.807) is 6.92 Å². The van der Waals surface area contributed by atoms with Crippen molar-refractivity contribution >= 4 is 40.0 Å². The van der Waals surface area contributed by atoms with Crippen LogP contribution in [0.15, 0.2) is 40.3 Å². The first kappa shape index (κ1) is 22.1. The van der Waals surface area contributed by atoms with E-state index >= 15 is 0 Å². The first-order chi connectivity index (χ1) is 15.5. The molecule has 0 fully saturated rings. The van der Waals surface area contributed by atoms with E-state index in [0.717, 1.165) is 40.3 Å². The van der Waals surface area contributed by atoms with E-state index in [1.165, 1.54) is 16.9 Å². The average Bonchev–Trinajstić information content (AvgIpc) is 3.11. The van der Waals surface area contributed by atoms with Crippen molar-refractivity contribution in [2.75, 3.05) is 17.7 Å². The summed E-state index contributed by atoms with van der Waals surface area (Å²) in [6.07, 6.45) is 1.66. The largest absolute Gasteiger partial charge is 0.493 e. The van der Waals surface area contributed by atoms with E-state index < -0.39 is 11.5 Å². The Morgan fingerprint density at radius 1 is 1.31 bits per heavy atom. The minimum Gasteiger partial charge on any atom is -0.493 e. The number of aromatic amines is 1. The fourth-order valence-corrected chi connectivity index (χ4v) is 5.69. The molecule has 0 bridgehead atoms. The van der Waals surface area contributed by atoms with Crippen LogP contribution in [-0.4, -0.2) is 39.3 Å². The molecule has 166 valence electrons. The monoisotopic (exact) mass is 471 g/mol. The molecule has 0 spiro atoms. The Kier molecular flexibility index (Phi) is 6.61. The number of thioether (sulfide) groups is 1. The molecule has 1 aromatic carbocycles. The number of fused-ring (bicyclic) bond motifs is 3. The highest BCUT2D eigenvalue weighted by molar-refractivity contribution is 7.99. The number of thiophene rings is 1. The molecule has 8 nitrogen and oxygen atoms in total. The maximum atomic E-state index is 12.7. The molecule has 0 atom stereocenters. The summed E-state index contributed by atoms with van der Waals surface area (Å²) in [6, 6.07) is 9.05. The summed E-state index contributed by atoms with van der Waals surface area (Å²) in [4.78, 5) is 44.0. The van der Waals surface area contributed by atoms with Gasteiger partial charge in [-0.25, -0.2) is 4.79 Å². The van der Waals surface area contributed by atoms with Crippen LogP contribution in [0.25, 0.3) is 10.4 Å². The zero-order valence-corrected chi connectivity index (χ0v) is 18.9. The van der Waals surface area contributed by atoms with Gasteiger partial charge in [0, 0.05) is 17.1 Å². The lowest BCUT2D eigenvalue weighted by atomic mass is 9.89. The van der Waals surface area contributed by atoms with Crippen molar-refractivity contribution in [3.63, 3.8) is 0 Å². The lowest BCUT2D eigenvalue weighted by molar-refractivity contribution is -0.115. The third-order valence-electron chi connectivity index (χ3n) is 4.92. The normalized spacial score (nSPS) is 12.0. The van der Waals surface area contributed by atoms with E-state index in [2.05, 4.69) is 21.4 Å². The molecule has 3 aromatic rings. The molecular weight excluding hydrogens is 450 g/mol. The highest BCUT2D eigenvalue weighted by Gasteiger charge is 2.29. The van der Waals surface area contributed by atoms with Crippen LogP contribution in [-0.2, 0) is 22.4 Å². The number of esters is 1. The number of hydrogen-bond donors (Lipinski definition) is 3. The molecule has 10 heteroatoms. The molecule has 2 aromatic heterocycles. The predicted octanol–water partition coefficient (Wildman–Crippen LogP) is 3.60. The summed E-state index contributed by atoms with van der Waals surface area (Å²) < 4.78 is 5.27. The highest BCUT2D eigenvalue weighted by atomic mass is 32.2. The van der Waals surface area contributed by atoms with Crippen LogP contribution < -0.4 is 10.9 Å². The molecule has 0 saturated carbocycles. The van der Waals surface area contributed by atoms with E-state index in [4.69, 9.17) is 4.74 Å². The summed E-state index contributed by atoms with van der Waals surface area (Å²) in [5, 5.41) is 13.0. The minimum absolute atomic E-state index is 0.130. The van der Waals surface area contributed by atoms with E-state index in [0.29, 0.717) is 22.7 Å². The number of nitrogens with one attached hydrogen (secondary N) is 2. The number of hydrogen-bond acceptors (Lipinski definition) is 8. The Bertz CT molecular complexity index is 1230. The van der Waals surface area contributed by atoms with Gasteiger partial charge in [0.1, 0.15) is 5.00 Å². The average molecular weight is 472 g/mol. The Morgan fingerprint density at radius 2 is 2.12 bits per heavy atom. The fraction of sp³-hybridized carbons (Fsp3) is 0.273. The third-order valence-corrected chi connectivity index (χ3v) is 6.98. The molecule has 1 aliphatic rings. The first-order valence-electron chi connectivity index (χ1n) is 10.1. The maximum absolute atomic E-state index is 12.7. The quantitative estimate of drug-likeness (QED) is 0.273. The maximum Gasteiger partial charge on any atom is 0.341 e. The van der Waals surface area contributed by atoms with Gasteiger partial charge in [0.25, 0.3) is 5.56 Å². The number of amides is 1. The Labute approximate surface area is 192 Å². The van der Waals surface area contributed by atoms with Gasteiger partial charge in [-0.15, -0.1) is 11.3 Å². The second-order valence-electron chi connectivity index (χ2n) is 7.05. The standard InChI is InChI=1S/C22H21N3O5S2/c1-2-30-21(29)18-14-8-7-12-5-3-4-6-13(12)19(14)32-20(18)23-15(26)9-10-31-22-24-16(27)11-17(28)25-22/h3-6,11H,2,7-10H2,1H3,(H,23,26)(H2,24,25,27,28). The highest BCUT2D eigenvalue weighted by Crippen LogP contribution is 2.45. The zero-order valence-electron chi connectivity index (χ0n) is 17.3. The van der Waals surface area contributed by atoms with Gasteiger partial charge in [-0.1, -0.05) is 36.0 Å². The number of aromatic hydroxyl groups is 1. The molecule has 0 aliphatic heterocycles. The number of anilines is 1. The number of benzene rings is 1. The predicted molar refractivity (Wildman–Crippen MR) is 124 cm³/mol. The molecule has 1 aliphatic carbocycles. The summed E-state index contributed by atoms with van der Waals surface area (Å²) in [5.74, 6) is -0.738. The van der Waals surface area contributed by atoms with Crippen molar-refractivity contribution in [3.05, 3.63) is 57.4 Å². The van der Waals surface area contributed by atoms with Gasteiger partial charge in [-0.05, 0) is 36.5 Å². The molecule has 3 N–H and O–H groups in total. The van der Waals surface area contributed by atoms with Crippen LogP contribution in [0.4, 0.5) is 5.00 Å². The van der Waals surface area contributed by atoms with Gasteiger partial charge in [0.15, 0.2) is 5.16 Å². The van der Waals surface area contributed by atoms with Crippen LogP contribution >= 0.6 is 23.1 Å². The van der Waals surface area contributed by atoms with Crippen molar-refractivity contribution in [2.45, 2.75) is 31.3 Å². The second-order valence-corrected chi connectivity index (χ2v) is 9.15. The minimum atomic E-state index is -0.465. The molecule has 0 radical (unpaired) electrons. The number of aromatic nitrogens is 2. The van der Waals surface area contributed by atoms with Crippen molar-refractivity contribution in [1.29, 1.82) is 0 Å². The molecule has 32 heavy (non-hydrogen) atoms. The molecule has 0 unspecified atom stereocenters. The zero-order chi connectivity index (χ0) is 22.7. The number of nitrogens with zero attached hydrogens (tertiary/aromatic N) is 1. The second kappa shape index (κ2) is 9.58. The third kappa shape index (κ3) is 4.71. The molecule has 2 heterocycles. The summed E-state index contributed by atoms with van der Waals surface area (Å²) in [6.45, 7) is 2.00. The van der Waals surface area contributed by atoms with Crippen molar-refractivity contribution in [3.8, 4) is 16.3 Å². The van der Waals surface area contributed by atoms with E-state index in [9.17, 15) is 19.5 Å². The lowest BCUT2D eigenvalue weighted by Gasteiger charge is -2.16. The van der Waals surface area contributed by atoms with Crippen molar-refractivity contribution < 1.29 is 19.4 Å². The van der Waals surface area contributed by atoms with Gasteiger partial charge in [0.2, 0.25) is 11.8 Å². The number of H-pyrrole nitrogens is 1. The van der Waals surface area contributed by atoms with Gasteiger partial charge in [-0.3, -0.25) is 9.59 Å². The molecule has 1 amide bonds.